The van der Waals surface area contributed by atoms with Crippen LogP contribution >= 0.6 is 35.6 Å². The minimum absolute atomic E-state index is 0. The summed E-state index contributed by atoms with van der Waals surface area (Å²) in [5.41, 5.74) is 2.46. The van der Waals surface area contributed by atoms with Gasteiger partial charge in [-0.2, -0.15) is 0 Å². The molecule has 1 aliphatic rings. The predicted molar refractivity (Wildman–Crippen MR) is 117 cm³/mol. The van der Waals surface area contributed by atoms with E-state index in [0.29, 0.717) is 6.04 Å². The molecule has 0 spiro atoms. The van der Waals surface area contributed by atoms with Gasteiger partial charge in [-0.05, 0) is 36.2 Å². The normalized spacial score (nSPS) is 17.1. The van der Waals surface area contributed by atoms with Crippen LogP contribution in [0.15, 0.2) is 59.6 Å². The van der Waals surface area contributed by atoms with Gasteiger partial charge in [0.25, 0.3) is 0 Å². The summed E-state index contributed by atoms with van der Waals surface area (Å²) >= 11 is 5.92. The van der Waals surface area contributed by atoms with Crippen LogP contribution in [0.2, 0.25) is 5.02 Å². The third-order valence-electron chi connectivity index (χ3n) is 4.25. The van der Waals surface area contributed by atoms with Crippen LogP contribution in [-0.4, -0.2) is 32.1 Å². The van der Waals surface area contributed by atoms with Crippen molar-refractivity contribution >= 4 is 47.2 Å². The number of hydrogen-bond donors (Lipinski definition) is 2. The number of hydrogen-bond acceptors (Lipinski definition) is 2. The van der Waals surface area contributed by atoms with E-state index in [9.17, 15) is 0 Å². The number of anilines is 1. The van der Waals surface area contributed by atoms with Crippen LogP contribution in [0.1, 0.15) is 12.0 Å². The van der Waals surface area contributed by atoms with E-state index in [1.165, 1.54) is 11.3 Å². The number of aliphatic imine (C=N–C) groups is 1. The fourth-order valence-electron chi connectivity index (χ4n) is 2.93. The maximum atomic E-state index is 5.92. The number of para-hydroxylation sites is 1. The Morgan fingerprint density at radius 1 is 1.16 bits per heavy atom. The van der Waals surface area contributed by atoms with Crippen LogP contribution in [0.3, 0.4) is 0 Å². The van der Waals surface area contributed by atoms with Crippen molar-refractivity contribution in [3.05, 3.63) is 65.2 Å². The number of halogens is 2. The fraction of sp³-hybridized carbons (Fsp3) is 0.316. The molecule has 2 aromatic carbocycles. The van der Waals surface area contributed by atoms with Gasteiger partial charge >= 0.3 is 0 Å². The molecule has 0 radical (unpaired) electrons. The summed E-state index contributed by atoms with van der Waals surface area (Å²) in [7, 11) is 1.81. The first-order valence-corrected chi connectivity index (χ1v) is 8.64. The average Bonchev–Trinajstić information content (AvgIpc) is 3.09. The van der Waals surface area contributed by atoms with Crippen molar-refractivity contribution in [1.82, 2.24) is 10.6 Å². The Labute approximate surface area is 171 Å². The average molecular weight is 471 g/mol. The molecule has 3 rings (SSSR count). The highest BCUT2D eigenvalue weighted by atomic mass is 127. The largest absolute Gasteiger partial charge is 0.369 e. The van der Waals surface area contributed by atoms with Crippen LogP contribution in [0.5, 0.6) is 0 Å². The summed E-state index contributed by atoms with van der Waals surface area (Å²) in [6.07, 6.45) is 1.11. The first-order chi connectivity index (χ1) is 11.7. The van der Waals surface area contributed by atoms with Gasteiger partial charge < -0.3 is 15.5 Å². The lowest BCUT2D eigenvalue weighted by molar-refractivity contribution is 0.648. The molecule has 134 valence electrons. The summed E-state index contributed by atoms with van der Waals surface area (Å²) in [5.74, 6) is 0.838. The van der Waals surface area contributed by atoms with Crippen LogP contribution in [0.25, 0.3) is 0 Å². The minimum atomic E-state index is 0. The molecule has 0 aromatic heterocycles. The van der Waals surface area contributed by atoms with E-state index in [2.05, 4.69) is 50.9 Å². The Kier molecular flexibility index (Phi) is 7.84. The monoisotopic (exact) mass is 470 g/mol. The predicted octanol–water partition coefficient (Wildman–Crippen LogP) is 3.90. The maximum absolute atomic E-state index is 5.92. The molecule has 1 aliphatic heterocycles. The molecule has 4 nitrogen and oxygen atoms in total. The standard InChI is InChI=1S/C19H23ClN4.HI/c1-21-19(22-13-15-7-9-16(20)10-8-15)23-17-11-12-24(14-17)18-5-3-2-4-6-18;/h2-10,17H,11-14H2,1H3,(H2,21,22,23);1H. The van der Waals surface area contributed by atoms with Crippen LogP contribution < -0.4 is 15.5 Å². The minimum Gasteiger partial charge on any atom is -0.369 e. The van der Waals surface area contributed by atoms with E-state index < -0.39 is 0 Å². The lowest BCUT2D eigenvalue weighted by atomic mass is 10.2. The summed E-state index contributed by atoms with van der Waals surface area (Å²) in [6.45, 7) is 2.79. The lowest BCUT2D eigenvalue weighted by Crippen LogP contribution is -2.44. The summed E-state index contributed by atoms with van der Waals surface area (Å²) in [6, 6.07) is 18.8. The summed E-state index contributed by atoms with van der Waals surface area (Å²) in [5, 5.41) is 7.64. The molecule has 0 amide bonds. The molecule has 1 saturated heterocycles. The lowest BCUT2D eigenvalue weighted by Gasteiger charge is -2.20. The van der Waals surface area contributed by atoms with Gasteiger partial charge in [0.2, 0.25) is 0 Å². The van der Waals surface area contributed by atoms with Gasteiger partial charge in [-0.3, -0.25) is 4.99 Å². The maximum Gasteiger partial charge on any atom is 0.191 e. The van der Waals surface area contributed by atoms with E-state index in [1.807, 2.05) is 24.3 Å². The number of rotatable bonds is 4. The molecule has 6 heteroatoms. The van der Waals surface area contributed by atoms with Crippen molar-refractivity contribution in [1.29, 1.82) is 0 Å². The van der Waals surface area contributed by atoms with Crippen molar-refractivity contribution in [2.75, 3.05) is 25.0 Å². The zero-order valence-electron chi connectivity index (χ0n) is 14.3. The van der Waals surface area contributed by atoms with Gasteiger partial charge in [0.1, 0.15) is 0 Å². The number of nitrogens with one attached hydrogen (secondary N) is 2. The van der Waals surface area contributed by atoms with E-state index in [-0.39, 0.29) is 24.0 Å². The van der Waals surface area contributed by atoms with Gasteiger partial charge in [0, 0.05) is 43.4 Å². The van der Waals surface area contributed by atoms with Crippen LogP contribution in [0.4, 0.5) is 5.69 Å². The second kappa shape index (κ2) is 9.87. The SMILES string of the molecule is CN=C(NCc1ccc(Cl)cc1)NC1CCN(c2ccccc2)C1.I. The number of nitrogens with zero attached hydrogens (tertiary/aromatic N) is 2. The van der Waals surface area contributed by atoms with Gasteiger partial charge in [-0.25, -0.2) is 0 Å². The van der Waals surface area contributed by atoms with Gasteiger partial charge in [0.15, 0.2) is 5.96 Å². The molecule has 2 N–H and O–H groups in total. The molecule has 0 aliphatic carbocycles. The van der Waals surface area contributed by atoms with Crippen LogP contribution in [-0.2, 0) is 6.54 Å². The Morgan fingerprint density at radius 3 is 2.56 bits per heavy atom. The first-order valence-electron chi connectivity index (χ1n) is 8.26. The van der Waals surface area contributed by atoms with Crippen molar-refractivity contribution in [2.24, 2.45) is 4.99 Å². The molecule has 0 bridgehead atoms. The molecule has 0 saturated carbocycles. The highest BCUT2D eigenvalue weighted by molar-refractivity contribution is 14.0. The van der Waals surface area contributed by atoms with Gasteiger partial charge in [0.05, 0.1) is 0 Å². The van der Waals surface area contributed by atoms with Gasteiger partial charge in [-0.15, -0.1) is 24.0 Å². The summed E-state index contributed by atoms with van der Waals surface area (Å²) < 4.78 is 0. The molecule has 25 heavy (non-hydrogen) atoms. The quantitative estimate of drug-likeness (QED) is 0.404. The van der Waals surface area contributed by atoms with Crippen molar-refractivity contribution in [3.63, 3.8) is 0 Å². The van der Waals surface area contributed by atoms with E-state index in [0.717, 1.165) is 37.0 Å². The zero-order valence-corrected chi connectivity index (χ0v) is 17.4. The van der Waals surface area contributed by atoms with Crippen molar-refractivity contribution in [3.8, 4) is 0 Å². The fourth-order valence-corrected chi connectivity index (χ4v) is 3.05. The second-order valence-electron chi connectivity index (χ2n) is 5.96. The zero-order chi connectivity index (χ0) is 16.8. The van der Waals surface area contributed by atoms with Crippen molar-refractivity contribution in [2.45, 2.75) is 19.0 Å². The highest BCUT2D eigenvalue weighted by Gasteiger charge is 2.23. The Morgan fingerprint density at radius 2 is 1.88 bits per heavy atom. The van der Waals surface area contributed by atoms with E-state index in [1.54, 1.807) is 7.05 Å². The second-order valence-corrected chi connectivity index (χ2v) is 6.40. The third-order valence-corrected chi connectivity index (χ3v) is 4.50. The number of benzene rings is 2. The van der Waals surface area contributed by atoms with E-state index >= 15 is 0 Å². The Bertz CT molecular complexity index is 676. The summed E-state index contributed by atoms with van der Waals surface area (Å²) in [4.78, 5) is 6.74. The Balaban J connectivity index is 0.00000225. The molecular weight excluding hydrogens is 447 g/mol. The molecule has 1 heterocycles. The third kappa shape index (κ3) is 5.78. The van der Waals surface area contributed by atoms with Gasteiger partial charge in [-0.1, -0.05) is 41.9 Å². The molecule has 1 atom stereocenters. The smallest absolute Gasteiger partial charge is 0.191 e. The molecular formula is C19H24ClIN4. The van der Waals surface area contributed by atoms with E-state index in [4.69, 9.17) is 11.6 Å². The highest BCUT2D eigenvalue weighted by Crippen LogP contribution is 2.19. The molecule has 2 aromatic rings. The Hall–Kier alpha value is -1.47. The molecule has 1 fully saturated rings. The van der Waals surface area contributed by atoms with Crippen molar-refractivity contribution < 1.29 is 0 Å². The first kappa shape index (κ1) is 19.8. The van der Waals surface area contributed by atoms with Crippen LogP contribution in [0, 0.1) is 0 Å². The molecule has 1 unspecified atom stereocenters. The topological polar surface area (TPSA) is 39.7 Å². The number of guanidine groups is 1.